The van der Waals surface area contributed by atoms with Crippen LogP contribution in [0.4, 0.5) is 0 Å². The first-order chi connectivity index (χ1) is 13.0. The molecule has 0 radical (unpaired) electrons. The zero-order valence-electron chi connectivity index (χ0n) is 15.7. The lowest BCUT2D eigenvalue weighted by molar-refractivity contribution is 0.213. The third-order valence-electron chi connectivity index (χ3n) is 5.51. The molecule has 1 N–H and O–H groups in total. The Labute approximate surface area is 160 Å². The van der Waals surface area contributed by atoms with Gasteiger partial charge in [0, 0.05) is 24.2 Å². The highest BCUT2D eigenvalue weighted by molar-refractivity contribution is 7.21. The monoisotopic (exact) mass is 382 g/mol. The van der Waals surface area contributed by atoms with Gasteiger partial charge in [-0.2, -0.15) is 10.2 Å². The van der Waals surface area contributed by atoms with E-state index in [2.05, 4.69) is 27.9 Å². The predicted octanol–water partition coefficient (Wildman–Crippen LogP) is 3.33. The van der Waals surface area contributed by atoms with Crippen LogP contribution in [-0.2, 0) is 7.05 Å². The molecule has 7 nitrogen and oxygen atoms in total. The number of phenols is 1. The van der Waals surface area contributed by atoms with E-state index < -0.39 is 0 Å². The van der Waals surface area contributed by atoms with E-state index in [4.69, 9.17) is 10.1 Å². The number of aromatic hydroxyl groups is 1. The summed E-state index contributed by atoms with van der Waals surface area (Å²) in [4.78, 5) is 8.05. The number of aryl methyl sites for hydroxylation is 2. The molecule has 0 amide bonds. The highest BCUT2D eigenvalue weighted by Gasteiger charge is 2.22. The van der Waals surface area contributed by atoms with Crippen LogP contribution >= 0.6 is 11.3 Å². The summed E-state index contributed by atoms with van der Waals surface area (Å²) in [5.41, 5.74) is 3.26. The third kappa shape index (κ3) is 2.71. The standard InChI is InChI=1S/C19H22N6OS/c1-11-16-12(9-24(3)21-16)8-14(17(11)26)18-20-15-10-25(22-19(15)27-18)13-4-6-23(2)7-5-13/h8-10,13,26H,4-7H2,1-3H3. The average molecular weight is 382 g/mol. The summed E-state index contributed by atoms with van der Waals surface area (Å²) < 4.78 is 3.85. The Balaban J connectivity index is 1.53. The van der Waals surface area contributed by atoms with E-state index in [1.165, 1.54) is 11.3 Å². The minimum Gasteiger partial charge on any atom is -0.507 e. The Morgan fingerprint density at radius 2 is 1.93 bits per heavy atom. The van der Waals surface area contributed by atoms with Gasteiger partial charge in [-0.1, -0.05) is 11.3 Å². The first kappa shape index (κ1) is 16.7. The first-order valence-corrected chi connectivity index (χ1v) is 10.0. The molecule has 0 bridgehead atoms. The van der Waals surface area contributed by atoms with Crippen LogP contribution in [0.5, 0.6) is 5.75 Å². The van der Waals surface area contributed by atoms with Gasteiger partial charge in [0.25, 0.3) is 0 Å². The molecule has 1 aliphatic heterocycles. The summed E-state index contributed by atoms with van der Waals surface area (Å²) in [6, 6.07) is 2.42. The average Bonchev–Trinajstić information content (AvgIpc) is 3.31. The molecule has 1 aliphatic rings. The Hall–Kier alpha value is -2.45. The molecular formula is C19H22N6OS. The lowest BCUT2D eigenvalue weighted by Crippen LogP contribution is -2.31. The van der Waals surface area contributed by atoms with Crippen molar-refractivity contribution in [3.8, 4) is 16.3 Å². The molecule has 3 aromatic heterocycles. The van der Waals surface area contributed by atoms with E-state index >= 15 is 0 Å². The van der Waals surface area contributed by atoms with Crippen molar-refractivity contribution in [3.05, 3.63) is 24.0 Å². The van der Waals surface area contributed by atoms with E-state index in [0.717, 1.165) is 63.3 Å². The zero-order chi connectivity index (χ0) is 18.7. The lowest BCUT2D eigenvalue weighted by atomic mass is 10.1. The van der Waals surface area contributed by atoms with Crippen LogP contribution in [0.1, 0.15) is 24.4 Å². The fourth-order valence-electron chi connectivity index (χ4n) is 3.91. The second-order valence-electron chi connectivity index (χ2n) is 7.49. The molecule has 1 saturated heterocycles. The fraction of sp³-hybridized carbons (Fsp3) is 0.421. The Morgan fingerprint density at radius 1 is 1.15 bits per heavy atom. The van der Waals surface area contributed by atoms with E-state index in [0.29, 0.717) is 6.04 Å². The molecule has 4 aromatic rings. The number of benzene rings is 1. The van der Waals surface area contributed by atoms with Crippen molar-refractivity contribution in [2.45, 2.75) is 25.8 Å². The SMILES string of the molecule is Cc1c(O)c(-c2nc3cn(C4CCN(C)CC4)nc3s2)cc2cn(C)nc12. The van der Waals surface area contributed by atoms with Gasteiger partial charge in [-0.25, -0.2) is 4.98 Å². The van der Waals surface area contributed by atoms with Crippen LogP contribution in [0.3, 0.4) is 0 Å². The molecular weight excluding hydrogens is 360 g/mol. The number of aromatic nitrogens is 5. The van der Waals surface area contributed by atoms with Crippen LogP contribution in [0.15, 0.2) is 18.5 Å². The molecule has 140 valence electrons. The summed E-state index contributed by atoms with van der Waals surface area (Å²) in [5.74, 6) is 0.251. The van der Waals surface area contributed by atoms with Crippen LogP contribution < -0.4 is 0 Å². The van der Waals surface area contributed by atoms with Crippen LogP contribution in [-0.4, -0.2) is 54.7 Å². The summed E-state index contributed by atoms with van der Waals surface area (Å²) in [7, 11) is 4.05. The summed E-state index contributed by atoms with van der Waals surface area (Å²) in [6.45, 7) is 4.11. The number of nitrogens with zero attached hydrogens (tertiary/aromatic N) is 6. The predicted molar refractivity (Wildman–Crippen MR) is 107 cm³/mol. The second kappa shape index (κ2) is 6.03. The molecule has 4 heterocycles. The topological polar surface area (TPSA) is 72.0 Å². The number of phenolic OH excluding ortho intramolecular Hbond substituents is 1. The van der Waals surface area contributed by atoms with Crippen molar-refractivity contribution in [1.29, 1.82) is 0 Å². The first-order valence-electron chi connectivity index (χ1n) is 9.20. The number of piperidine rings is 1. The largest absolute Gasteiger partial charge is 0.507 e. The molecule has 0 saturated carbocycles. The van der Waals surface area contributed by atoms with Gasteiger partial charge in [0.05, 0.1) is 23.3 Å². The van der Waals surface area contributed by atoms with E-state index in [9.17, 15) is 5.11 Å². The summed E-state index contributed by atoms with van der Waals surface area (Å²) in [5, 5.41) is 21.7. The van der Waals surface area contributed by atoms with Gasteiger partial charge in [0.2, 0.25) is 0 Å². The van der Waals surface area contributed by atoms with Gasteiger partial charge < -0.3 is 10.0 Å². The number of fused-ring (bicyclic) bond motifs is 2. The Morgan fingerprint density at radius 3 is 2.67 bits per heavy atom. The number of hydrogen-bond donors (Lipinski definition) is 1. The number of rotatable bonds is 2. The summed E-state index contributed by atoms with van der Waals surface area (Å²) >= 11 is 1.53. The smallest absolute Gasteiger partial charge is 0.166 e. The van der Waals surface area contributed by atoms with Crippen molar-refractivity contribution >= 4 is 32.6 Å². The van der Waals surface area contributed by atoms with E-state index in [1.807, 2.05) is 26.2 Å². The molecule has 8 heteroatoms. The normalized spacial score (nSPS) is 16.7. The highest BCUT2D eigenvalue weighted by atomic mass is 32.1. The number of likely N-dealkylation sites (tertiary alicyclic amines) is 1. The maximum atomic E-state index is 10.7. The lowest BCUT2D eigenvalue weighted by Gasteiger charge is -2.28. The second-order valence-corrected chi connectivity index (χ2v) is 8.47. The van der Waals surface area contributed by atoms with Gasteiger partial charge in [-0.05, 0) is 46.0 Å². The maximum absolute atomic E-state index is 10.7. The van der Waals surface area contributed by atoms with Gasteiger partial charge in [-0.3, -0.25) is 9.36 Å². The van der Waals surface area contributed by atoms with Crippen LogP contribution in [0, 0.1) is 6.92 Å². The van der Waals surface area contributed by atoms with Crippen molar-refractivity contribution < 1.29 is 5.11 Å². The third-order valence-corrected chi connectivity index (χ3v) is 6.50. The highest BCUT2D eigenvalue weighted by Crippen LogP contribution is 2.40. The number of hydrogen-bond acceptors (Lipinski definition) is 6. The minimum absolute atomic E-state index is 0.251. The quantitative estimate of drug-likeness (QED) is 0.576. The summed E-state index contributed by atoms with van der Waals surface area (Å²) in [6.07, 6.45) is 6.26. The van der Waals surface area contributed by atoms with Crippen LogP contribution in [0.2, 0.25) is 0 Å². The van der Waals surface area contributed by atoms with Gasteiger partial charge >= 0.3 is 0 Å². The minimum atomic E-state index is 0.251. The fourth-order valence-corrected chi connectivity index (χ4v) is 4.84. The molecule has 0 atom stereocenters. The molecule has 0 spiro atoms. The number of thiazole rings is 1. The van der Waals surface area contributed by atoms with E-state index in [-0.39, 0.29) is 5.75 Å². The van der Waals surface area contributed by atoms with Crippen molar-refractivity contribution in [2.24, 2.45) is 7.05 Å². The Bertz CT molecular complexity index is 1120. The molecule has 1 fully saturated rings. The Kier molecular flexibility index (Phi) is 3.73. The maximum Gasteiger partial charge on any atom is 0.166 e. The van der Waals surface area contributed by atoms with Gasteiger partial charge in [0.1, 0.15) is 16.3 Å². The zero-order valence-corrected chi connectivity index (χ0v) is 16.5. The molecule has 0 aliphatic carbocycles. The molecule has 1 aromatic carbocycles. The van der Waals surface area contributed by atoms with Gasteiger partial charge in [0.15, 0.2) is 4.83 Å². The van der Waals surface area contributed by atoms with Gasteiger partial charge in [-0.15, -0.1) is 0 Å². The van der Waals surface area contributed by atoms with E-state index in [1.54, 1.807) is 4.68 Å². The van der Waals surface area contributed by atoms with Crippen molar-refractivity contribution in [1.82, 2.24) is 29.4 Å². The molecule has 27 heavy (non-hydrogen) atoms. The van der Waals surface area contributed by atoms with Crippen molar-refractivity contribution in [2.75, 3.05) is 20.1 Å². The molecule has 5 rings (SSSR count). The van der Waals surface area contributed by atoms with Crippen LogP contribution in [0.25, 0.3) is 31.8 Å². The van der Waals surface area contributed by atoms with Crippen molar-refractivity contribution in [3.63, 3.8) is 0 Å². The molecule has 0 unspecified atom stereocenters.